The fraction of sp³-hybridized carbons (Fsp3) is 0.588. The highest BCUT2D eigenvalue weighted by molar-refractivity contribution is 5.68. The zero-order valence-corrected chi connectivity index (χ0v) is 13.9. The predicted molar refractivity (Wildman–Crippen MR) is 87.5 cm³/mol. The highest BCUT2D eigenvalue weighted by Gasteiger charge is 2.25. The summed E-state index contributed by atoms with van der Waals surface area (Å²) in [5, 5.41) is 6.39. The van der Waals surface area contributed by atoms with Gasteiger partial charge in [-0.2, -0.15) is 0 Å². The molecule has 1 rings (SSSR count). The van der Waals surface area contributed by atoms with Crippen molar-refractivity contribution < 1.29 is 9.53 Å². The summed E-state index contributed by atoms with van der Waals surface area (Å²) in [6, 6.07) is 10.1. The first-order chi connectivity index (χ1) is 9.69. The molecule has 4 nitrogen and oxygen atoms in total. The Morgan fingerprint density at radius 2 is 1.67 bits per heavy atom. The van der Waals surface area contributed by atoms with Crippen LogP contribution in [0, 0.1) is 5.92 Å². The van der Waals surface area contributed by atoms with Crippen LogP contribution in [0.2, 0.25) is 0 Å². The number of alkyl carbamates (subject to hydrolysis) is 1. The van der Waals surface area contributed by atoms with Gasteiger partial charge >= 0.3 is 6.09 Å². The van der Waals surface area contributed by atoms with E-state index in [9.17, 15) is 4.79 Å². The van der Waals surface area contributed by atoms with Crippen LogP contribution in [0.5, 0.6) is 0 Å². The van der Waals surface area contributed by atoms with Crippen molar-refractivity contribution in [2.45, 2.75) is 59.2 Å². The van der Waals surface area contributed by atoms with E-state index in [1.807, 2.05) is 51.1 Å². The number of para-hydroxylation sites is 1. The van der Waals surface area contributed by atoms with Crippen LogP contribution in [0.4, 0.5) is 10.5 Å². The SMILES string of the molecule is CC(C)[C@@H](NC(=O)OC(C)(C)C)[C@H](C)Nc1ccccc1. The minimum atomic E-state index is -0.484. The molecule has 0 radical (unpaired) electrons. The van der Waals surface area contributed by atoms with Crippen molar-refractivity contribution in [3.8, 4) is 0 Å². The van der Waals surface area contributed by atoms with E-state index >= 15 is 0 Å². The Morgan fingerprint density at radius 3 is 2.14 bits per heavy atom. The number of ether oxygens (including phenoxy) is 1. The lowest BCUT2D eigenvalue weighted by Crippen LogP contribution is -2.49. The molecule has 0 aromatic heterocycles. The van der Waals surface area contributed by atoms with Gasteiger partial charge in [-0.05, 0) is 45.7 Å². The maximum absolute atomic E-state index is 12.0. The standard InChI is InChI=1S/C17H28N2O2/c1-12(2)15(19-16(20)21-17(4,5)6)13(3)18-14-10-8-7-9-11-14/h7-13,15,18H,1-6H3,(H,19,20)/t13-,15+/m0/s1. The maximum Gasteiger partial charge on any atom is 0.407 e. The minimum absolute atomic E-state index is 0.0138. The molecule has 2 atom stereocenters. The van der Waals surface area contributed by atoms with Gasteiger partial charge in [-0.25, -0.2) is 4.79 Å². The Bertz CT molecular complexity index is 438. The number of carbonyl (C=O) groups excluding carboxylic acids is 1. The highest BCUT2D eigenvalue weighted by atomic mass is 16.6. The van der Waals surface area contributed by atoms with E-state index in [2.05, 4.69) is 31.4 Å². The van der Waals surface area contributed by atoms with E-state index in [4.69, 9.17) is 4.74 Å². The molecule has 0 saturated heterocycles. The number of carbonyl (C=O) groups is 1. The van der Waals surface area contributed by atoms with Crippen molar-refractivity contribution in [3.05, 3.63) is 30.3 Å². The van der Waals surface area contributed by atoms with Crippen LogP contribution in [-0.4, -0.2) is 23.8 Å². The molecule has 1 aromatic rings. The number of anilines is 1. The first-order valence-corrected chi connectivity index (χ1v) is 7.50. The van der Waals surface area contributed by atoms with Crippen molar-refractivity contribution >= 4 is 11.8 Å². The quantitative estimate of drug-likeness (QED) is 0.861. The molecule has 0 bridgehead atoms. The third kappa shape index (κ3) is 6.52. The molecule has 0 aliphatic carbocycles. The van der Waals surface area contributed by atoms with E-state index in [0.717, 1.165) is 5.69 Å². The molecule has 118 valence electrons. The van der Waals surface area contributed by atoms with Crippen LogP contribution in [0.1, 0.15) is 41.5 Å². The summed E-state index contributed by atoms with van der Waals surface area (Å²) in [4.78, 5) is 12.0. The average molecular weight is 292 g/mol. The molecule has 0 heterocycles. The summed E-state index contributed by atoms with van der Waals surface area (Å²) < 4.78 is 5.34. The first kappa shape index (κ1) is 17.3. The number of amides is 1. The van der Waals surface area contributed by atoms with Crippen LogP contribution < -0.4 is 10.6 Å². The maximum atomic E-state index is 12.0. The predicted octanol–water partition coefficient (Wildman–Crippen LogP) is 4.04. The van der Waals surface area contributed by atoms with Crippen LogP contribution >= 0.6 is 0 Å². The van der Waals surface area contributed by atoms with Crippen molar-refractivity contribution in [2.75, 3.05) is 5.32 Å². The molecule has 1 amide bonds. The molecular formula is C17H28N2O2. The van der Waals surface area contributed by atoms with Crippen molar-refractivity contribution in [1.29, 1.82) is 0 Å². The van der Waals surface area contributed by atoms with Gasteiger partial charge in [0.05, 0.1) is 6.04 Å². The van der Waals surface area contributed by atoms with E-state index in [1.54, 1.807) is 0 Å². The number of benzene rings is 1. The normalized spacial score (nSPS) is 14.4. The second-order valence-electron chi connectivity index (χ2n) is 6.72. The Kier molecular flexibility index (Phi) is 6.06. The van der Waals surface area contributed by atoms with Crippen LogP contribution in [0.25, 0.3) is 0 Å². The summed E-state index contributed by atoms with van der Waals surface area (Å²) in [5.74, 6) is 0.295. The van der Waals surface area contributed by atoms with Gasteiger partial charge in [0.15, 0.2) is 0 Å². The summed E-state index contributed by atoms with van der Waals surface area (Å²) in [5.41, 5.74) is 0.559. The van der Waals surface area contributed by atoms with E-state index in [-0.39, 0.29) is 18.2 Å². The summed E-state index contributed by atoms with van der Waals surface area (Å²) >= 11 is 0. The van der Waals surface area contributed by atoms with Crippen molar-refractivity contribution in [1.82, 2.24) is 5.32 Å². The van der Waals surface area contributed by atoms with Crippen LogP contribution in [-0.2, 0) is 4.74 Å². The molecule has 2 N–H and O–H groups in total. The summed E-state index contributed by atoms with van der Waals surface area (Å²) in [6.07, 6.45) is -0.372. The molecular weight excluding hydrogens is 264 g/mol. The van der Waals surface area contributed by atoms with Gasteiger partial charge in [0.25, 0.3) is 0 Å². The molecule has 0 spiro atoms. The minimum Gasteiger partial charge on any atom is -0.444 e. The fourth-order valence-electron chi connectivity index (χ4n) is 2.20. The Balaban J connectivity index is 2.66. The van der Waals surface area contributed by atoms with Crippen molar-refractivity contribution in [3.63, 3.8) is 0 Å². The lowest BCUT2D eigenvalue weighted by Gasteiger charge is -2.31. The second kappa shape index (κ2) is 7.34. The number of hydrogen-bond acceptors (Lipinski definition) is 3. The zero-order valence-electron chi connectivity index (χ0n) is 13.9. The smallest absolute Gasteiger partial charge is 0.407 e. The number of rotatable bonds is 5. The van der Waals surface area contributed by atoms with Crippen molar-refractivity contribution in [2.24, 2.45) is 5.92 Å². The van der Waals surface area contributed by atoms with Gasteiger partial charge < -0.3 is 15.4 Å². The Morgan fingerprint density at radius 1 is 1.10 bits per heavy atom. The van der Waals surface area contributed by atoms with Crippen LogP contribution in [0.3, 0.4) is 0 Å². The van der Waals surface area contributed by atoms with Gasteiger partial charge in [-0.3, -0.25) is 0 Å². The van der Waals surface area contributed by atoms with Gasteiger partial charge in [0.1, 0.15) is 5.60 Å². The third-order valence-corrected chi connectivity index (χ3v) is 3.11. The molecule has 0 aliphatic heterocycles. The molecule has 0 saturated carbocycles. The highest BCUT2D eigenvalue weighted by Crippen LogP contribution is 2.15. The molecule has 0 unspecified atom stereocenters. The fourth-order valence-corrected chi connectivity index (χ4v) is 2.20. The first-order valence-electron chi connectivity index (χ1n) is 7.50. The number of hydrogen-bond donors (Lipinski definition) is 2. The zero-order chi connectivity index (χ0) is 16.0. The molecule has 0 fully saturated rings. The second-order valence-corrected chi connectivity index (χ2v) is 6.72. The summed E-state index contributed by atoms with van der Waals surface area (Å²) in [6.45, 7) is 11.8. The molecule has 1 aromatic carbocycles. The van der Waals surface area contributed by atoms with Gasteiger partial charge in [0, 0.05) is 11.7 Å². The van der Waals surface area contributed by atoms with Gasteiger partial charge in [-0.15, -0.1) is 0 Å². The Labute approximate surface area is 128 Å². The van der Waals surface area contributed by atoms with E-state index in [1.165, 1.54) is 0 Å². The van der Waals surface area contributed by atoms with Gasteiger partial charge in [-0.1, -0.05) is 32.0 Å². The average Bonchev–Trinajstić information content (AvgIpc) is 2.34. The van der Waals surface area contributed by atoms with E-state index in [0.29, 0.717) is 5.92 Å². The van der Waals surface area contributed by atoms with E-state index < -0.39 is 5.60 Å². The number of nitrogens with one attached hydrogen (secondary N) is 2. The van der Waals surface area contributed by atoms with Gasteiger partial charge in [0.2, 0.25) is 0 Å². The molecule has 21 heavy (non-hydrogen) atoms. The molecule has 4 heteroatoms. The lowest BCUT2D eigenvalue weighted by atomic mass is 9.97. The monoisotopic (exact) mass is 292 g/mol. The molecule has 0 aliphatic rings. The topological polar surface area (TPSA) is 50.4 Å². The Hall–Kier alpha value is -1.71. The largest absolute Gasteiger partial charge is 0.444 e. The third-order valence-electron chi connectivity index (χ3n) is 3.11. The van der Waals surface area contributed by atoms with Crippen LogP contribution in [0.15, 0.2) is 30.3 Å². The lowest BCUT2D eigenvalue weighted by molar-refractivity contribution is 0.0485. The summed E-state index contributed by atoms with van der Waals surface area (Å²) in [7, 11) is 0.